The zero-order valence-electron chi connectivity index (χ0n) is 21.2. The number of methoxy groups -OCH3 is 1. The van der Waals surface area contributed by atoms with Crippen LogP contribution in [-0.2, 0) is 11.4 Å². The molecule has 0 atom stereocenters. The summed E-state index contributed by atoms with van der Waals surface area (Å²) in [5.74, 6) is 1.20. The number of aliphatic imine (C=N–C) groups is 1. The second-order valence-corrected chi connectivity index (χ2v) is 10.3. The van der Waals surface area contributed by atoms with E-state index in [0.717, 1.165) is 23.2 Å². The van der Waals surface area contributed by atoms with Crippen LogP contribution < -0.4 is 9.47 Å². The van der Waals surface area contributed by atoms with Crippen LogP contribution in [0.5, 0.6) is 11.5 Å². The van der Waals surface area contributed by atoms with Crippen molar-refractivity contribution in [2.45, 2.75) is 20.0 Å². The van der Waals surface area contributed by atoms with Crippen LogP contribution >= 0.6 is 23.4 Å². The number of halogens is 1. The van der Waals surface area contributed by atoms with Gasteiger partial charge in [0.2, 0.25) is 0 Å². The van der Waals surface area contributed by atoms with Gasteiger partial charge in [-0.1, -0.05) is 61.0 Å². The van der Waals surface area contributed by atoms with Crippen LogP contribution in [0, 0.1) is 0 Å². The second-order valence-electron chi connectivity index (χ2n) is 8.82. The molecule has 1 amide bonds. The van der Waals surface area contributed by atoms with E-state index in [1.165, 1.54) is 22.5 Å². The molecule has 1 aliphatic heterocycles. The smallest absolute Gasteiger partial charge is 0.266 e. The molecule has 192 valence electrons. The first kappa shape index (κ1) is 25.9. The summed E-state index contributed by atoms with van der Waals surface area (Å²) in [4.78, 5) is 20.2. The van der Waals surface area contributed by atoms with Crippen molar-refractivity contribution >= 4 is 57.0 Å². The lowest BCUT2D eigenvalue weighted by Gasteiger charge is -2.14. The van der Waals surface area contributed by atoms with Crippen molar-refractivity contribution in [1.29, 1.82) is 0 Å². The zero-order valence-corrected chi connectivity index (χ0v) is 22.8. The Morgan fingerprint density at radius 1 is 0.947 bits per heavy atom. The van der Waals surface area contributed by atoms with Crippen LogP contribution in [0.4, 0.5) is 5.69 Å². The van der Waals surface area contributed by atoms with Gasteiger partial charge in [-0.05, 0) is 88.6 Å². The summed E-state index contributed by atoms with van der Waals surface area (Å²) in [7, 11) is 1.62. The molecule has 0 aliphatic carbocycles. The number of amides is 1. The van der Waals surface area contributed by atoms with Gasteiger partial charge in [-0.3, -0.25) is 9.69 Å². The van der Waals surface area contributed by atoms with Gasteiger partial charge >= 0.3 is 0 Å². The third-order valence-electron chi connectivity index (χ3n) is 6.08. The minimum absolute atomic E-state index is 0.0554. The van der Waals surface area contributed by atoms with Gasteiger partial charge in [0, 0.05) is 11.6 Å². The summed E-state index contributed by atoms with van der Waals surface area (Å²) in [6.07, 6.45) is 2.70. The van der Waals surface area contributed by atoms with Crippen LogP contribution in [0.3, 0.4) is 0 Å². The van der Waals surface area contributed by atoms with Gasteiger partial charge in [0.1, 0.15) is 6.61 Å². The lowest BCUT2D eigenvalue weighted by Crippen LogP contribution is -2.29. The van der Waals surface area contributed by atoms with E-state index >= 15 is 0 Å². The Kier molecular flexibility index (Phi) is 8.01. The molecular weight excluding hydrogens is 516 g/mol. The Morgan fingerprint density at radius 2 is 1.74 bits per heavy atom. The number of benzene rings is 4. The van der Waals surface area contributed by atoms with Gasteiger partial charge < -0.3 is 9.47 Å². The van der Waals surface area contributed by atoms with Gasteiger partial charge in [0.25, 0.3) is 5.91 Å². The van der Waals surface area contributed by atoms with Gasteiger partial charge in [-0.2, -0.15) is 0 Å². The topological polar surface area (TPSA) is 51.1 Å². The highest BCUT2D eigenvalue weighted by Crippen LogP contribution is 2.36. The Bertz CT molecular complexity index is 1530. The summed E-state index contributed by atoms with van der Waals surface area (Å²) in [5.41, 5.74) is 2.68. The minimum atomic E-state index is -0.0554. The first-order valence-electron chi connectivity index (χ1n) is 12.4. The fraction of sp³-hybridized carbons (Fsp3) is 0.161. The number of carbonyl (C=O) groups excluding carboxylic acids is 1. The molecule has 1 saturated heterocycles. The summed E-state index contributed by atoms with van der Waals surface area (Å²) in [6.45, 7) is 3.06. The first-order chi connectivity index (χ1) is 18.5. The molecule has 0 N–H and O–H groups in total. The standard InChI is InChI=1S/C31H27ClN2O3S/c1-3-16-34-30(35)29(38-31(34)33-26-13-11-25(32)12-14-26)19-21-9-15-27(28(18-21)36-2)37-20-22-8-10-23-6-4-5-7-24(23)17-22/h4-15,17-19H,3,16,20H2,1-2H3/b29-19-,33-31?. The number of fused-ring (bicyclic) bond motifs is 1. The molecule has 5 nitrogen and oxygen atoms in total. The van der Waals surface area contributed by atoms with Gasteiger partial charge in [-0.15, -0.1) is 0 Å². The van der Waals surface area contributed by atoms with E-state index in [9.17, 15) is 4.79 Å². The first-order valence-corrected chi connectivity index (χ1v) is 13.6. The van der Waals surface area contributed by atoms with Crippen molar-refractivity contribution in [3.8, 4) is 11.5 Å². The van der Waals surface area contributed by atoms with Crippen LogP contribution in [0.25, 0.3) is 16.8 Å². The molecule has 0 spiro atoms. The Balaban J connectivity index is 1.35. The summed E-state index contributed by atoms with van der Waals surface area (Å²) in [6, 6.07) is 27.5. The Hall–Kier alpha value is -3.74. The van der Waals surface area contributed by atoms with Gasteiger partial charge in [-0.25, -0.2) is 4.99 Å². The number of thioether (sulfide) groups is 1. The molecule has 0 bridgehead atoms. The molecule has 38 heavy (non-hydrogen) atoms. The lowest BCUT2D eigenvalue weighted by molar-refractivity contribution is -0.122. The van der Waals surface area contributed by atoms with E-state index in [2.05, 4.69) is 30.3 Å². The second kappa shape index (κ2) is 11.8. The van der Waals surface area contributed by atoms with Crippen LogP contribution in [0.1, 0.15) is 24.5 Å². The third-order valence-corrected chi connectivity index (χ3v) is 7.34. The van der Waals surface area contributed by atoms with Crippen molar-refractivity contribution in [3.05, 3.63) is 106 Å². The molecule has 1 fully saturated rings. The monoisotopic (exact) mass is 542 g/mol. The molecule has 4 aromatic carbocycles. The maximum atomic E-state index is 13.2. The maximum Gasteiger partial charge on any atom is 0.266 e. The van der Waals surface area contributed by atoms with E-state index in [1.807, 2.05) is 55.5 Å². The number of nitrogens with zero attached hydrogens (tertiary/aromatic N) is 2. The van der Waals surface area contributed by atoms with Crippen molar-refractivity contribution in [3.63, 3.8) is 0 Å². The number of hydrogen-bond acceptors (Lipinski definition) is 5. The van der Waals surface area contributed by atoms with Crippen molar-refractivity contribution < 1.29 is 14.3 Å². The molecule has 4 aromatic rings. The summed E-state index contributed by atoms with van der Waals surface area (Å²) in [5, 5.41) is 3.68. The van der Waals surface area contributed by atoms with Crippen molar-refractivity contribution in [1.82, 2.24) is 4.90 Å². The molecule has 7 heteroatoms. The largest absolute Gasteiger partial charge is 0.493 e. The van der Waals surface area contributed by atoms with E-state index in [1.54, 1.807) is 24.1 Å². The lowest BCUT2D eigenvalue weighted by atomic mass is 10.1. The molecule has 5 rings (SSSR count). The SMILES string of the molecule is CCCN1C(=O)/C(=C/c2ccc(OCc3ccc4ccccc4c3)c(OC)c2)SC1=Nc1ccc(Cl)cc1. The molecular formula is C31H27ClN2O3S. The van der Waals surface area contributed by atoms with E-state index in [0.29, 0.717) is 39.7 Å². The maximum absolute atomic E-state index is 13.2. The normalized spacial score (nSPS) is 15.6. The molecule has 0 aromatic heterocycles. The van der Waals surface area contributed by atoms with Gasteiger partial charge in [0.05, 0.1) is 17.7 Å². The Morgan fingerprint density at radius 3 is 2.50 bits per heavy atom. The summed E-state index contributed by atoms with van der Waals surface area (Å²) < 4.78 is 11.7. The van der Waals surface area contributed by atoms with Crippen molar-refractivity contribution in [2.75, 3.05) is 13.7 Å². The molecule has 0 saturated carbocycles. The number of amidine groups is 1. The third kappa shape index (κ3) is 5.87. The molecule has 1 aliphatic rings. The summed E-state index contributed by atoms with van der Waals surface area (Å²) >= 11 is 7.37. The number of carbonyl (C=O) groups is 1. The molecule has 0 unspecified atom stereocenters. The van der Waals surface area contributed by atoms with E-state index in [4.69, 9.17) is 26.1 Å². The minimum Gasteiger partial charge on any atom is -0.493 e. The highest BCUT2D eigenvalue weighted by molar-refractivity contribution is 8.18. The average molecular weight is 543 g/mol. The van der Waals surface area contributed by atoms with E-state index in [-0.39, 0.29) is 5.91 Å². The zero-order chi connectivity index (χ0) is 26.5. The number of hydrogen-bond donors (Lipinski definition) is 0. The highest BCUT2D eigenvalue weighted by atomic mass is 35.5. The number of rotatable bonds is 8. The fourth-order valence-corrected chi connectivity index (χ4v) is 5.32. The van der Waals surface area contributed by atoms with E-state index < -0.39 is 0 Å². The number of ether oxygens (including phenoxy) is 2. The highest BCUT2D eigenvalue weighted by Gasteiger charge is 2.32. The van der Waals surface area contributed by atoms with Crippen molar-refractivity contribution in [2.24, 2.45) is 4.99 Å². The van der Waals surface area contributed by atoms with Crippen LogP contribution in [0.2, 0.25) is 5.02 Å². The van der Waals surface area contributed by atoms with Gasteiger partial charge in [0.15, 0.2) is 16.7 Å². The quantitative estimate of drug-likeness (QED) is 0.211. The predicted molar refractivity (Wildman–Crippen MR) is 157 cm³/mol. The average Bonchev–Trinajstić information content (AvgIpc) is 3.22. The molecule has 0 radical (unpaired) electrons. The van der Waals surface area contributed by atoms with Crippen LogP contribution in [0.15, 0.2) is 94.8 Å². The van der Waals surface area contributed by atoms with Crippen LogP contribution in [-0.4, -0.2) is 29.6 Å². The fourth-order valence-electron chi connectivity index (χ4n) is 4.17. The predicted octanol–water partition coefficient (Wildman–Crippen LogP) is 8.09. The molecule has 1 heterocycles. The Labute approximate surface area is 231 Å².